The minimum Gasteiger partial charge on any atom is -0.467 e. The van der Waals surface area contributed by atoms with E-state index < -0.39 is 12.3 Å². The van der Waals surface area contributed by atoms with Gasteiger partial charge in [-0.15, -0.1) is 0 Å². The summed E-state index contributed by atoms with van der Waals surface area (Å²) in [6.07, 6.45) is 0.909. The van der Waals surface area contributed by atoms with Crippen LogP contribution in [0.3, 0.4) is 0 Å². The number of carbonyl (C=O) groups excluding carboxylic acids is 1. The van der Waals surface area contributed by atoms with E-state index >= 15 is 0 Å². The first-order valence-corrected chi connectivity index (χ1v) is 4.84. The average molecular weight is 220 g/mol. The van der Waals surface area contributed by atoms with Gasteiger partial charge in [0.05, 0.1) is 7.11 Å². The maximum absolute atomic E-state index is 11.5. The fourth-order valence-electron chi connectivity index (χ4n) is 1.67. The molecule has 0 saturated carbocycles. The summed E-state index contributed by atoms with van der Waals surface area (Å²) in [6, 6.07) is 7.42. The molecule has 1 aliphatic heterocycles. The second-order valence-corrected chi connectivity index (χ2v) is 3.31. The Morgan fingerprint density at radius 1 is 1.31 bits per heavy atom. The lowest BCUT2D eigenvalue weighted by atomic mass is 9.98. The van der Waals surface area contributed by atoms with Gasteiger partial charge in [0.15, 0.2) is 0 Å². The first-order chi connectivity index (χ1) is 7.77. The molecule has 0 N–H and O–H groups in total. The molecule has 16 heavy (non-hydrogen) atoms. The number of methoxy groups -OCH3 is 2. The Morgan fingerprint density at radius 3 is 2.75 bits per heavy atom. The summed E-state index contributed by atoms with van der Waals surface area (Å²) < 4.78 is 15.2. The first-order valence-electron chi connectivity index (χ1n) is 4.84. The number of ether oxygens (including phenoxy) is 3. The van der Waals surface area contributed by atoms with Crippen molar-refractivity contribution in [1.82, 2.24) is 0 Å². The van der Waals surface area contributed by atoms with E-state index in [-0.39, 0.29) is 0 Å². The molecule has 0 bridgehead atoms. The van der Waals surface area contributed by atoms with Crippen LogP contribution in [0.15, 0.2) is 30.5 Å². The van der Waals surface area contributed by atoms with Gasteiger partial charge in [0, 0.05) is 18.2 Å². The molecule has 0 radical (unpaired) electrons. The zero-order chi connectivity index (χ0) is 11.5. The number of hydrogen-bond donors (Lipinski definition) is 0. The number of fused-ring (bicyclic) bond motifs is 1. The Labute approximate surface area is 93.4 Å². The zero-order valence-corrected chi connectivity index (χ0v) is 9.10. The highest BCUT2D eigenvalue weighted by Crippen LogP contribution is 2.33. The van der Waals surface area contributed by atoms with Gasteiger partial charge >= 0.3 is 5.97 Å². The lowest BCUT2D eigenvalue weighted by molar-refractivity contribution is -0.134. The lowest BCUT2D eigenvalue weighted by Crippen LogP contribution is -2.15. The van der Waals surface area contributed by atoms with Crippen molar-refractivity contribution in [3.8, 4) is 0 Å². The quantitative estimate of drug-likeness (QED) is 0.714. The predicted molar refractivity (Wildman–Crippen MR) is 57.3 cm³/mol. The highest BCUT2D eigenvalue weighted by Gasteiger charge is 2.26. The van der Waals surface area contributed by atoms with Gasteiger partial charge in [-0.1, -0.05) is 24.3 Å². The molecule has 2 rings (SSSR count). The number of rotatable bonds is 2. The fraction of sp³-hybridized carbons (Fsp3) is 0.250. The monoisotopic (exact) mass is 220 g/mol. The molecule has 1 unspecified atom stereocenters. The molecular weight excluding hydrogens is 208 g/mol. The van der Waals surface area contributed by atoms with Crippen molar-refractivity contribution in [2.45, 2.75) is 6.29 Å². The smallest absolute Gasteiger partial charge is 0.341 e. The average Bonchev–Trinajstić information content (AvgIpc) is 2.36. The molecule has 0 spiro atoms. The van der Waals surface area contributed by atoms with Crippen LogP contribution in [0.1, 0.15) is 17.4 Å². The van der Waals surface area contributed by atoms with Crippen LogP contribution in [0.5, 0.6) is 0 Å². The van der Waals surface area contributed by atoms with Crippen LogP contribution in [0.2, 0.25) is 0 Å². The summed E-state index contributed by atoms with van der Waals surface area (Å²) in [4.78, 5) is 11.5. The predicted octanol–water partition coefficient (Wildman–Crippen LogP) is 1.88. The van der Waals surface area contributed by atoms with Crippen molar-refractivity contribution in [3.63, 3.8) is 0 Å². The Hall–Kier alpha value is -1.81. The molecule has 4 heteroatoms. The van der Waals surface area contributed by atoms with E-state index in [1.807, 2.05) is 24.3 Å². The van der Waals surface area contributed by atoms with Gasteiger partial charge in [-0.2, -0.15) is 0 Å². The van der Waals surface area contributed by atoms with E-state index in [2.05, 4.69) is 4.74 Å². The van der Waals surface area contributed by atoms with E-state index in [0.717, 1.165) is 11.1 Å². The number of esters is 1. The van der Waals surface area contributed by atoms with E-state index in [9.17, 15) is 4.79 Å². The maximum Gasteiger partial charge on any atom is 0.341 e. The van der Waals surface area contributed by atoms with E-state index in [1.165, 1.54) is 13.4 Å². The summed E-state index contributed by atoms with van der Waals surface area (Å²) >= 11 is 0. The van der Waals surface area contributed by atoms with Crippen LogP contribution >= 0.6 is 0 Å². The first kappa shape index (κ1) is 10.7. The maximum atomic E-state index is 11.5. The molecule has 1 aliphatic rings. The number of benzene rings is 1. The Kier molecular flexibility index (Phi) is 2.92. The van der Waals surface area contributed by atoms with E-state index in [1.54, 1.807) is 7.11 Å². The Bertz CT molecular complexity index is 436. The second kappa shape index (κ2) is 4.37. The third kappa shape index (κ3) is 1.67. The normalized spacial score (nSPS) is 18.1. The standard InChI is InChI=1S/C12H12O4/c1-14-11(13)10-7-16-12(15-2)9-6-4-3-5-8(9)10/h3-7,12H,1-2H3. The summed E-state index contributed by atoms with van der Waals surface area (Å²) in [5, 5.41) is 0. The van der Waals surface area contributed by atoms with E-state index in [0.29, 0.717) is 5.57 Å². The summed E-state index contributed by atoms with van der Waals surface area (Å²) in [5.74, 6) is -0.415. The van der Waals surface area contributed by atoms with Crippen LogP contribution in [0.4, 0.5) is 0 Å². The molecule has 1 aromatic rings. The molecule has 4 nitrogen and oxygen atoms in total. The minimum atomic E-state index is -0.468. The third-order valence-electron chi connectivity index (χ3n) is 2.43. The van der Waals surface area contributed by atoms with Crippen LogP contribution in [0, 0.1) is 0 Å². The van der Waals surface area contributed by atoms with Gasteiger partial charge in [0.25, 0.3) is 0 Å². The molecule has 0 amide bonds. The summed E-state index contributed by atoms with van der Waals surface area (Å²) in [5.41, 5.74) is 2.02. The molecule has 1 aromatic carbocycles. The summed E-state index contributed by atoms with van der Waals surface area (Å²) in [7, 11) is 2.90. The molecule has 0 aliphatic carbocycles. The van der Waals surface area contributed by atoms with Gasteiger partial charge < -0.3 is 14.2 Å². The fourth-order valence-corrected chi connectivity index (χ4v) is 1.67. The topological polar surface area (TPSA) is 44.8 Å². The minimum absolute atomic E-state index is 0.409. The van der Waals surface area contributed by atoms with Crippen molar-refractivity contribution in [1.29, 1.82) is 0 Å². The molecule has 1 atom stereocenters. The van der Waals surface area contributed by atoms with Gasteiger partial charge in [0.1, 0.15) is 11.8 Å². The second-order valence-electron chi connectivity index (χ2n) is 3.31. The highest BCUT2D eigenvalue weighted by molar-refractivity contribution is 6.16. The van der Waals surface area contributed by atoms with Crippen molar-refractivity contribution in [3.05, 3.63) is 41.7 Å². The SMILES string of the molecule is COC(=O)C1=COC(OC)c2ccccc21. The van der Waals surface area contributed by atoms with Gasteiger partial charge in [-0.05, 0) is 0 Å². The van der Waals surface area contributed by atoms with Crippen LogP contribution in [-0.4, -0.2) is 20.2 Å². The van der Waals surface area contributed by atoms with Crippen LogP contribution in [-0.2, 0) is 19.0 Å². The van der Waals surface area contributed by atoms with Gasteiger partial charge in [0.2, 0.25) is 6.29 Å². The van der Waals surface area contributed by atoms with E-state index in [4.69, 9.17) is 9.47 Å². The molecule has 1 heterocycles. The van der Waals surface area contributed by atoms with Crippen molar-refractivity contribution in [2.24, 2.45) is 0 Å². The number of carbonyl (C=O) groups is 1. The lowest BCUT2D eigenvalue weighted by Gasteiger charge is -2.23. The van der Waals surface area contributed by atoms with Crippen molar-refractivity contribution >= 4 is 11.5 Å². The van der Waals surface area contributed by atoms with Crippen molar-refractivity contribution < 1.29 is 19.0 Å². The Morgan fingerprint density at radius 2 is 2.06 bits per heavy atom. The summed E-state index contributed by atoms with van der Waals surface area (Å²) in [6.45, 7) is 0. The van der Waals surface area contributed by atoms with Crippen LogP contribution in [0.25, 0.3) is 5.57 Å². The van der Waals surface area contributed by atoms with Gasteiger partial charge in [-0.3, -0.25) is 0 Å². The highest BCUT2D eigenvalue weighted by atomic mass is 16.7. The van der Waals surface area contributed by atoms with Crippen molar-refractivity contribution in [2.75, 3.05) is 14.2 Å². The Balaban J connectivity index is 2.47. The molecule has 0 fully saturated rings. The molecule has 0 aromatic heterocycles. The number of hydrogen-bond acceptors (Lipinski definition) is 4. The zero-order valence-electron chi connectivity index (χ0n) is 9.10. The van der Waals surface area contributed by atoms with Gasteiger partial charge in [-0.25, -0.2) is 4.79 Å². The third-order valence-corrected chi connectivity index (χ3v) is 2.43. The largest absolute Gasteiger partial charge is 0.467 e. The van der Waals surface area contributed by atoms with Crippen LogP contribution < -0.4 is 0 Å². The molecule has 84 valence electrons. The molecule has 0 saturated heterocycles. The molecular formula is C12H12O4.